The highest BCUT2D eigenvalue weighted by molar-refractivity contribution is 5.88. The third kappa shape index (κ3) is 5.01. The van der Waals surface area contributed by atoms with Crippen LogP contribution in [0.2, 0.25) is 0 Å². The van der Waals surface area contributed by atoms with Crippen LogP contribution < -0.4 is 10.1 Å². The smallest absolute Gasteiger partial charge is 0.307 e. The van der Waals surface area contributed by atoms with Crippen LogP contribution in [0.4, 0.5) is 5.69 Å². The zero-order chi connectivity index (χ0) is 12.8. The SMILES string of the molecule is CC(=O)Nc1ccc(O[C@@H](C)CC(=O)O)cc1. The lowest BCUT2D eigenvalue weighted by atomic mass is 10.2. The number of amides is 1. The van der Waals surface area contributed by atoms with E-state index in [9.17, 15) is 9.59 Å². The van der Waals surface area contributed by atoms with Crippen molar-refractivity contribution in [3.63, 3.8) is 0 Å². The standard InChI is InChI=1S/C12H15NO4/c1-8(7-12(15)16)17-11-5-3-10(4-6-11)13-9(2)14/h3-6,8H,7H2,1-2H3,(H,13,14)(H,15,16)/t8-/m0/s1. The van der Waals surface area contributed by atoms with Gasteiger partial charge in [0, 0.05) is 12.6 Å². The van der Waals surface area contributed by atoms with Crippen LogP contribution in [-0.4, -0.2) is 23.1 Å². The lowest BCUT2D eigenvalue weighted by Crippen LogP contribution is -2.16. The number of aliphatic carboxylic acids is 1. The third-order valence-corrected chi connectivity index (χ3v) is 1.97. The molecule has 0 spiro atoms. The molecular weight excluding hydrogens is 222 g/mol. The maximum Gasteiger partial charge on any atom is 0.307 e. The van der Waals surface area contributed by atoms with Crippen molar-refractivity contribution in [2.24, 2.45) is 0 Å². The Balaban J connectivity index is 2.56. The number of rotatable bonds is 5. The Morgan fingerprint density at radius 2 is 1.94 bits per heavy atom. The van der Waals surface area contributed by atoms with Crippen LogP contribution in [0.5, 0.6) is 5.75 Å². The highest BCUT2D eigenvalue weighted by atomic mass is 16.5. The monoisotopic (exact) mass is 237 g/mol. The predicted molar refractivity (Wildman–Crippen MR) is 63.1 cm³/mol. The number of carbonyl (C=O) groups excluding carboxylic acids is 1. The van der Waals surface area contributed by atoms with Gasteiger partial charge in [0.1, 0.15) is 11.9 Å². The molecule has 1 rings (SSSR count). The maximum absolute atomic E-state index is 10.8. The minimum atomic E-state index is -0.896. The molecule has 1 aromatic rings. The van der Waals surface area contributed by atoms with E-state index in [-0.39, 0.29) is 18.4 Å². The van der Waals surface area contributed by atoms with Gasteiger partial charge in [-0.3, -0.25) is 9.59 Å². The first-order valence-electron chi connectivity index (χ1n) is 5.23. The fraction of sp³-hybridized carbons (Fsp3) is 0.333. The first-order chi connectivity index (χ1) is 7.97. The zero-order valence-electron chi connectivity index (χ0n) is 9.77. The van der Waals surface area contributed by atoms with Gasteiger partial charge in [0.15, 0.2) is 0 Å². The molecule has 0 bridgehead atoms. The average molecular weight is 237 g/mol. The number of carboxylic acid groups (broad SMARTS) is 1. The van der Waals surface area contributed by atoms with Crippen LogP contribution in [0, 0.1) is 0 Å². The van der Waals surface area contributed by atoms with Crippen LogP contribution in [0.1, 0.15) is 20.3 Å². The molecule has 1 amide bonds. The van der Waals surface area contributed by atoms with Gasteiger partial charge in [-0.15, -0.1) is 0 Å². The number of hydrogen-bond donors (Lipinski definition) is 2. The maximum atomic E-state index is 10.8. The minimum Gasteiger partial charge on any atom is -0.490 e. The molecular formula is C12H15NO4. The van der Waals surface area contributed by atoms with E-state index in [0.29, 0.717) is 11.4 Å². The molecule has 0 saturated heterocycles. The van der Waals surface area contributed by atoms with Crippen molar-refractivity contribution < 1.29 is 19.4 Å². The van der Waals surface area contributed by atoms with Crippen molar-refractivity contribution in [1.82, 2.24) is 0 Å². The number of carbonyl (C=O) groups is 2. The van der Waals surface area contributed by atoms with Crippen molar-refractivity contribution in [1.29, 1.82) is 0 Å². The van der Waals surface area contributed by atoms with E-state index < -0.39 is 5.97 Å². The summed E-state index contributed by atoms with van der Waals surface area (Å²) in [7, 11) is 0. The van der Waals surface area contributed by atoms with E-state index in [1.165, 1.54) is 6.92 Å². The predicted octanol–water partition coefficient (Wildman–Crippen LogP) is 1.89. The van der Waals surface area contributed by atoms with Crippen LogP contribution in [-0.2, 0) is 9.59 Å². The summed E-state index contributed by atoms with van der Waals surface area (Å²) in [6, 6.07) is 6.77. The van der Waals surface area contributed by atoms with E-state index in [2.05, 4.69) is 5.32 Å². The van der Waals surface area contributed by atoms with Gasteiger partial charge < -0.3 is 15.2 Å². The van der Waals surface area contributed by atoms with Crippen LogP contribution in [0.25, 0.3) is 0 Å². The van der Waals surface area contributed by atoms with Crippen molar-refractivity contribution in [2.45, 2.75) is 26.4 Å². The normalized spacial score (nSPS) is 11.6. The molecule has 0 aromatic heterocycles. The third-order valence-electron chi connectivity index (χ3n) is 1.97. The summed E-state index contributed by atoms with van der Waals surface area (Å²) in [4.78, 5) is 21.2. The Morgan fingerprint density at radius 1 is 1.35 bits per heavy atom. The number of hydrogen-bond acceptors (Lipinski definition) is 3. The van der Waals surface area contributed by atoms with Crippen molar-refractivity contribution >= 4 is 17.6 Å². The topological polar surface area (TPSA) is 75.6 Å². The molecule has 0 saturated carbocycles. The summed E-state index contributed by atoms with van der Waals surface area (Å²) in [6.45, 7) is 3.12. The molecule has 92 valence electrons. The Kier molecular flexibility index (Phi) is 4.51. The Labute approximate surface area is 99.4 Å². The van der Waals surface area contributed by atoms with Gasteiger partial charge in [0.2, 0.25) is 5.91 Å². The second-order valence-electron chi connectivity index (χ2n) is 3.73. The lowest BCUT2D eigenvalue weighted by Gasteiger charge is -2.12. The molecule has 0 heterocycles. The first-order valence-corrected chi connectivity index (χ1v) is 5.23. The molecule has 0 unspecified atom stereocenters. The van der Waals surface area contributed by atoms with E-state index in [4.69, 9.17) is 9.84 Å². The van der Waals surface area contributed by atoms with Crippen LogP contribution >= 0.6 is 0 Å². The molecule has 5 nitrogen and oxygen atoms in total. The van der Waals surface area contributed by atoms with E-state index in [1.54, 1.807) is 31.2 Å². The van der Waals surface area contributed by atoms with Crippen molar-refractivity contribution in [3.05, 3.63) is 24.3 Å². The highest BCUT2D eigenvalue weighted by Gasteiger charge is 2.08. The van der Waals surface area contributed by atoms with Crippen LogP contribution in [0.15, 0.2) is 24.3 Å². The molecule has 1 aromatic carbocycles. The summed E-state index contributed by atoms with van der Waals surface area (Å²) >= 11 is 0. The molecule has 17 heavy (non-hydrogen) atoms. The van der Waals surface area contributed by atoms with Gasteiger partial charge in [0.05, 0.1) is 6.42 Å². The van der Waals surface area contributed by atoms with Gasteiger partial charge in [-0.1, -0.05) is 0 Å². The molecule has 0 radical (unpaired) electrons. The summed E-state index contributed by atoms with van der Waals surface area (Å²) in [5, 5.41) is 11.2. The first kappa shape index (κ1) is 13.0. The van der Waals surface area contributed by atoms with Crippen LogP contribution in [0.3, 0.4) is 0 Å². The number of ether oxygens (including phenoxy) is 1. The average Bonchev–Trinajstić information content (AvgIpc) is 2.18. The highest BCUT2D eigenvalue weighted by Crippen LogP contribution is 2.17. The van der Waals surface area contributed by atoms with Gasteiger partial charge >= 0.3 is 5.97 Å². The second kappa shape index (κ2) is 5.89. The molecule has 1 atom stereocenters. The van der Waals surface area contributed by atoms with E-state index in [1.807, 2.05) is 0 Å². The Hall–Kier alpha value is -2.04. The number of nitrogens with one attached hydrogen (secondary N) is 1. The largest absolute Gasteiger partial charge is 0.490 e. The molecule has 0 aliphatic heterocycles. The fourth-order valence-corrected chi connectivity index (χ4v) is 1.34. The van der Waals surface area contributed by atoms with Crippen molar-refractivity contribution in [3.8, 4) is 5.75 Å². The Bertz CT molecular complexity index is 399. The Morgan fingerprint density at radius 3 is 2.41 bits per heavy atom. The summed E-state index contributed by atoms with van der Waals surface area (Å²) in [6.07, 6.45) is -0.438. The summed E-state index contributed by atoms with van der Waals surface area (Å²) in [5.74, 6) is -0.460. The second-order valence-corrected chi connectivity index (χ2v) is 3.73. The van der Waals surface area contributed by atoms with Gasteiger partial charge in [-0.2, -0.15) is 0 Å². The van der Waals surface area contributed by atoms with E-state index in [0.717, 1.165) is 0 Å². The minimum absolute atomic E-state index is 0.0482. The quantitative estimate of drug-likeness (QED) is 0.819. The summed E-state index contributed by atoms with van der Waals surface area (Å²) < 4.78 is 5.39. The van der Waals surface area contributed by atoms with Gasteiger partial charge in [-0.25, -0.2) is 0 Å². The number of benzene rings is 1. The van der Waals surface area contributed by atoms with Crippen molar-refractivity contribution in [2.75, 3.05) is 5.32 Å². The molecule has 2 N–H and O–H groups in total. The lowest BCUT2D eigenvalue weighted by molar-refractivity contribution is -0.138. The van der Waals surface area contributed by atoms with Gasteiger partial charge in [0.25, 0.3) is 0 Å². The number of anilines is 1. The van der Waals surface area contributed by atoms with Gasteiger partial charge in [-0.05, 0) is 31.2 Å². The fourth-order valence-electron chi connectivity index (χ4n) is 1.34. The molecule has 0 aliphatic carbocycles. The number of carboxylic acids is 1. The summed E-state index contributed by atoms with van der Waals surface area (Å²) in [5.41, 5.74) is 0.677. The molecule has 5 heteroatoms. The zero-order valence-corrected chi connectivity index (χ0v) is 9.77. The molecule has 0 fully saturated rings. The molecule has 0 aliphatic rings. The van der Waals surface area contributed by atoms with E-state index >= 15 is 0 Å².